The first-order valence-corrected chi connectivity index (χ1v) is 7.93. The number of hydrogen-bond donors (Lipinski definition) is 0. The molecule has 1 unspecified atom stereocenters. The molecule has 19 heavy (non-hydrogen) atoms. The van der Waals surface area contributed by atoms with Crippen LogP contribution in [0.4, 0.5) is 0 Å². The molecule has 0 aliphatic heterocycles. The second kappa shape index (κ2) is 12.5. The molecule has 0 radical (unpaired) electrons. The van der Waals surface area contributed by atoms with Gasteiger partial charge in [0.15, 0.2) is 6.23 Å². The Kier molecular flexibility index (Phi) is 12.1. The first kappa shape index (κ1) is 18.4. The molecule has 0 saturated carbocycles. The van der Waals surface area contributed by atoms with Crippen LogP contribution in [0.5, 0.6) is 0 Å². The number of unbranched alkanes of at least 4 members (excludes halogenated alkanes) is 8. The van der Waals surface area contributed by atoms with Gasteiger partial charge in [0.1, 0.15) is 0 Å². The maximum absolute atomic E-state index is 11.5. The fourth-order valence-corrected chi connectivity index (χ4v) is 1.93. The number of carbonyl (C=O) groups is 1. The van der Waals surface area contributed by atoms with Crippen molar-refractivity contribution in [3.63, 3.8) is 0 Å². The molecule has 0 aromatic heterocycles. The summed E-state index contributed by atoms with van der Waals surface area (Å²) in [5, 5.41) is 0. The van der Waals surface area contributed by atoms with Crippen molar-refractivity contribution in [3.05, 3.63) is 0 Å². The van der Waals surface area contributed by atoms with E-state index in [1.54, 1.807) is 0 Å². The summed E-state index contributed by atoms with van der Waals surface area (Å²) in [6, 6.07) is 0. The zero-order chi connectivity index (χ0) is 14.5. The molecule has 1 atom stereocenters. The molecule has 0 aromatic carbocycles. The largest absolute Gasteiger partial charge is 0.447 e. The molecule has 3 heteroatoms. The molecule has 0 rings (SSSR count). The van der Waals surface area contributed by atoms with E-state index in [2.05, 4.69) is 6.92 Å². The van der Waals surface area contributed by atoms with Crippen molar-refractivity contribution in [3.8, 4) is 0 Å². The second-order valence-corrected chi connectivity index (χ2v) is 5.63. The zero-order valence-corrected chi connectivity index (χ0v) is 13.4. The van der Waals surface area contributed by atoms with Crippen molar-refractivity contribution in [2.24, 2.45) is 0 Å². The lowest BCUT2D eigenvalue weighted by Crippen LogP contribution is -2.29. The SMILES string of the molecule is CCCCCCCCCCCC(=O)OC(C)N(C)C. The molecule has 0 amide bonds. The fourth-order valence-electron chi connectivity index (χ4n) is 1.93. The van der Waals surface area contributed by atoms with E-state index in [0.29, 0.717) is 6.42 Å². The third kappa shape index (κ3) is 12.2. The highest BCUT2D eigenvalue weighted by molar-refractivity contribution is 5.69. The summed E-state index contributed by atoms with van der Waals surface area (Å²) in [7, 11) is 3.83. The number of nitrogens with zero attached hydrogens (tertiary/aromatic N) is 1. The van der Waals surface area contributed by atoms with Gasteiger partial charge in [-0.15, -0.1) is 0 Å². The summed E-state index contributed by atoms with van der Waals surface area (Å²) < 4.78 is 5.27. The maximum atomic E-state index is 11.5. The number of rotatable bonds is 12. The zero-order valence-electron chi connectivity index (χ0n) is 13.4. The van der Waals surface area contributed by atoms with Crippen LogP contribution in [0.15, 0.2) is 0 Å². The highest BCUT2D eigenvalue weighted by Gasteiger charge is 2.10. The summed E-state index contributed by atoms with van der Waals surface area (Å²) in [6.45, 7) is 4.14. The van der Waals surface area contributed by atoms with Gasteiger partial charge in [-0.05, 0) is 27.4 Å². The molecule has 0 bridgehead atoms. The molecular formula is C16H33NO2. The van der Waals surface area contributed by atoms with Crippen LogP contribution in [0, 0.1) is 0 Å². The van der Waals surface area contributed by atoms with Crippen LogP contribution < -0.4 is 0 Å². The predicted molar refractivity (Wildman–Crippen MR) is 81.1 cm³/mol. The number of ether oxygens (including phenoxy) is 1. The third-order valence-electron chi connectivity index (χ3n) is 3.51. The van der Waals surface area contributed by atoms with E-state index in [1.165, 1.54) is 44.9 Å². The van der Waals surface area contributed by atoms with Crippen LogP contribution in [-0.2, 0) is 9.53 Å². The highest BCUT2D eigenvalue weighted by Crippen LogP contribution is 2.11. The van der Waals surface area contributed by atoms with Crippen molar-refractivity contribution in [1.82, 2.24) is 4.90 Å². The number of carbonyl (C=O) groups excluding carboxylic acids is 1. The molecule has 0 aliphatic carbocycles. The van der Waals surface area contributed by atoms with Crippen LogP contribution in [0.1, 0.15) is 78.1 Å². The summed E-state index contributed by atoms with van der Waals surface area (Å²) in [5.41, 5.74) is 0. The summed E-state index contributed by atoms with van der Waals surface area (Å²) >= 11 is 0. The van der Waals surface area contributed by atoms with Gasteiger partial charge in [-0.1, -0.05) is 58.3 Å². The van der Waals surface area contributed by atoms with Gasteiger partial charge in [0.05, 0.1) is 0 Å². The topological polar surface area (TPSA) is 29.5 Å². The Bertz CT molecular complexity index is 217. The van der Waals surface area contributed by atoms with Gasteiger partial charge in [-0.25, -0.2) is 0 Å². The minimum Gasteiger partial charge on any atom is -0.447 e. The average Bonchev–Trinajstić information content (AvgIpc) is 2.36. The van der Waals surface area contributed by atoms with Crippen LogP contribution in [0.25, 0.3) is 0 Å². The fraction of sp³-hybridized carbons (Fsp3) is 0.938. The summed E-state index contributed by atoms with van der Waals surface area (Å²) in [5.74, 6) is -0.0656. The number of esters is 1. The Morgan fingerprint density at radius 1 is 0.947 bits per heavy atom. The average molecular weight is 271 g/mol. The van der Waals surface area contributed by atoms with Crippen molar-refractivity contribution >= 4 is 5.97 Å². The third-order valence-corrected chi connectivity index (χ3v) is 3.51. The summed E-state index contributed by atoms with van der Waals surface area (Å²) in [4.78, 5) is 13.4. The van der Waals surface area contributed by atoms with E-state index < -0.39 is 0 Å². The smallest absolute Gasteiger partial charge is 0.307 e. The molecule has 0 aromatic rings. The Morgan fingerprint density at radius 3 is 1.89 bits per heavy atom. The maximum Gasteiger partial charge on any atom is 0.307 e. The van der Waals surface area contributed by atoms with Gasteiger partial charge in [-0.2, -0.15) is 0 Å². The van der Waals surface area contributed by atoms with Crippen molar-refractivity contribution in [2.75, 3.05) is 14.1 Å². The van der Waals surface area contributed by atoms with Gasteiger partial charge in [0.25, 0.3) is 0 Å². The van der Waals surface area contributed by atoms with Crippen molar-refractivity contribution < 1.29 is 9.53 Å². The monoisotopic (exact) mass is 271 g/mol. The molecule has 0 N–H and O–H groups in total. The summed E-state index contributed by atoms with van der Waals surface area (Å²) in [6.07, 6.45) is 11.9. The molecule has 114 valence electrons. The van der Waals surface area contributed by atoms with Gasteiger partial charge in [0, 0.05) is 6.42 Å². The van der Waals surface area contributed by atoms with Crippen LogP contribution in [-0.4, -0.2) is 31.2 Å². The van der Waals surface area contributed by atoms with E-state index in [1.807, 2.05) is 25.9 Å². The minimum absolute atomic E-state index is 0.0656. The van der Waals surface area contributed by atoms with E-state index in [-0.39, 0.29) is 12.2 Å². The molecule has 0 aliphatic rings. The molecule has 3 nitrogen and oxygen atoms in total. The van der Waals surface area contributed by atoms with Gasteiger partial charge < -0.3 is 4.74 Å². The molecule has 0 heterocycles. The van der Waals surface area contributed by atoms with E-state index in [0.717, 1.165) is 12.8 Å². The van der Waals surface area contributed by atoms with Crippen molar-refractivity contribution in [2.45, 2.75) is 84.3 Å². The first-order valence-electron chi connectivity index (χ1n) is 7.93. The second-order valence-electron chi connectivity index (χ2n) is 5.63. The quantitative estimate of drug-likeness (QED) is 0.300. The lowest BCUT2D eigenvalue weighted by molar-refractivity contribution is -0.155. The lowest BCUT2D eigenvalue weighted by Gasteiger charge is -2.19. The van der Waals surface area contributed by atoms with Gasteiger partial charge >= 0.3 is 5.97 Å². The standard InChI is InChI=1S/C16H33NO2/c1-5-6-7-8-9-10-11-12-13-14-16(18)19-15(2)17(3)4/h15H,5-14H2,1-4H3. The Hall–Kier alpha value is -0.570. The predicted octanol–water partition coefficient (Wildman–Crippen LogP) is 4.36. The van der Waals surface area contributed by atoms with E-state index in [4.69, 9.17) is 4.74 Å². The molecule has 0 fully saturated rings. The van der Waals surface area contributed by atoms with Crippen molar-refractivity contribution in [1.29, 1.82) is 0 Å². The van der Waals surface area contributed by atoms with Gasteiger partial charge in [0.2, 0.25) is 0 Å². The van der Waals surface area contributed by atoms with Gasteiger partial charge in [-0.3, -0.25) is 9.69 Å². The number of hydrogen-bond acceptors (Lipinski definition) is 3. The highest BCUT2D eigenvalue weighted by atomic mass is 16.6. The Morgan fingerprint density at radius 2 is 1.42 bits per heavy atom. The molecule has 0 spiro atoms. The van der Waals surface area contributed by atoms with Crippen LogP contribution in [0.3, 0.4) is 0 Å². The molecule has 0 saturated heterocycles. The lowest BCUT2D eigenvalue weighted by atomic mass is 10.1. The normalized spacial score (nSPS) is 12.7. The first-order chi connectivity index (χ1) is 9.07. The van der Waals surface area contributed by atoms with E-state index >= 15 is 0 Å². The molecular weight excluding hydrogens is 238 g/mol. The Labute approximate surface area is 119 Å². The minimum atomic E-state index is -0.119. The van der Waals surface area contributed by atoms with Crippen LogP contribution in [0.2, 0.25) is 0 Å². The Balaban J connectivity index is 3.27. The van der Waals surface area contributed by atoms with E-state index in [9.17, 15) is 4.79 Å². The van der Waals surface area contributed by atoms with Crippen LogP contribution >= 0.6 is 0 Å².